The fourth-order valence-corrected chi connectivity index (χ4v) is 1.14. The first kappa shape index (κ1) is 18.7. The summed E-state index contributed by atoms with van der Waals surface area (Å²) in [6.07, 6.45) is -2.58. The lowest BCUT2D eigenvalue weighted by Gasteiger charge is -2.10. The van der Waals surface area contributed by atoms with Crippen molar-refractivity contribution in [1.82, 2.24) is 0 Å². The van der Waals surface area contributed by atoms with E-state index in [4.69, 9.17) is 0 Å². The maximum absolute atomic E-state index is 11.1. The molecule has 0 atom stereocenters. The van der Waals surface area contributed by atoms with Crippen molar-refractivity contribution < 1.29 is 42.1 Å². The molecule has 0 aliphatic heterocycles. The van der Waals surface area contributed by atoms with Crippen LogP contribution in [0.4, 0.5) is 9.59 Å². The predicted octanol–water partition coefficient (Wildman–Crippen LogP) is 2.45. The lowest BCUT2D eigenvalue weighted by Crippen LogP contribution is -2.15. The minimum absolute atomic E-state index is 0.337. The highest BCUT2D eigenvalue weighted by Crippen LogP contribution is 2.23. The highest BCUT2D eigenvalue weighted by Gasteiger charge is 2.10. The SMILES string of the molecule is CC(C)OC(=O)OCO[PH](=O)OCOC(=O)OC(C)C. The van der Waals surface area contributed by atoms with Gasteiger partial charge in [0.25, 0.3) is 0 Å². The van der Waals surface area contributed by atoms with E-state index in [0.717, 1.165) is 0 Å². The van der Waals surface area contributed by atoms with Gasteiger partial charge in [0.2, 0.25) is 13.6 Å². The molecule has 0 N–H and O–H groups in total. The summed E-state index contributed by atoms with van der Waals surface area (Å²) in [6, 6.07) is 0. The molecule has 0 aromatic carbocycles. The summed E-state index contributed by atoms with van der Waals surface area (Å²) in [5, 5.41) is 0. The molecule has 0 bridgehead atoms. The van der Waals surface area contributed by atoms with E-state index in [2.05, 4.69) is 28.0 Å². The highest BCUT2D eigenvalue weighted by atomic mass is 31.1. The molecule has 0 rings (SSSR count). The molecule has 0 aliphatic rings. The number of rotatable bonds is 8. The fourth-order valence-electron chi connectivity index (χ4n) is 0.746. The van der Waals surface area contributed by atoms with Crippen LogP contribution < -0.4 is 0 Å². The monoisotopic (exact) mass is 314 g/mol. The minimum Gasteiger partial charge on any atom is -0.432 e. The van der Waals surface area contributed by atoms with Crippen molar-refractivity contribution in [3.63, 3.8) is 0 Å². The van der Waals surface area contributed by atoms with Crippen LogP contribution in [-0.2, 0) is 32.6 Å². The van der Waals surface area contributed by atoms with Crippen LogP contribution in [-0.4, -0.2) is 38.1 Å². The van der Waals surface area contributed by atoms with Crippen molar-refractivity contribution in [2.45, 2.75) is 39.9 Å². The van der Waals surface area contributed by atoms with Crippen LogP contribution in [0, 0.1) is 0 Å². The Bertz CT molecular complexity index is 299. The highest BCUT2D eigenvalue weighted by molar-refractivity contribution is 7.33. The van der Waals surface area contributed by atoms with Gasteiger partial charge < -0.3 is 18.9 Å². The normalized spacial score (nSPS) is 10.8. The third kappa shape index (κ3) is 11.8. The number of hydrogen-bond donors (Lipinski definition) is 0. The molecule has 0 saturated carbocycles. The number of hydrogen-bond acceptors (Lipinski definition) is 9. The molecule has 118 valence electrons. The summed E-state index contributed by atoms with van der Waals surface area (Å²) >= 11 is 0. The molecule has 0 radical (unpaired) electrons. The van der Waals surface area contributed by atoms with Crippen molar-refractivity contribution in [2.75, 3.05) is 13.6 Å². The number of carbonyl (C=O) groups is 2. The first-order valence-electron chi connectivity index (χ1n) is 5.77. The van der Waals surface area contributed by atoms with E-state index in [1.54, 1.807) is 27.7 Å². The number of ether oxygens (including phenoxy) is 4. The molecule has 0 aromatic heterocycles. The van der Waals surface area contributed by atoms with Crippen LogP contribution in [0.25, 0.3) is 0 Å². The Kier molecular flexibility index (Phi) is 9.79. The van der Waals surface area contributed by atoms with Crippen LogP contribution in [0.2, 0.25) is 0 Å². The second-order valence-corrected chi connectivity index (χ2v) is 4.97. The summed E-state index contributed by atoms with van der Waals surface area (Å²) in [4.78, 5) is 21.8. The molecular formula is C10H19O9P. The van der Waals surface area contributed by atoms with E-state index < -0.39 is 34.2 Å². The molecule has 0 unspecified atom stereocenters. The Morgan fingerprint density at radius 1 is 0.850 bits per heavy atom. The average molecular weight is 314 g/mol. The van der Waals surface area contributed by atoms with E-state index in [1.807, 2.05) is 0 Å². The van der Waals surface area contributed by atoms with Gasteiger partial charge in [-0.15, -0.1) is 0 Å². The third-order valence-corrected chi connectivity index (χ3v) is 2.08. The van der Waals surface area contributed by atoms with Crippen LogP contribution in [0.5, 0.6) is 0 Å². The predicted molar refractivity (Wildman–Crippen MR) is 66.3 cm³/mol. The van der Waals surface area contributed by atoms with Crippen molar-refractivity contribution in [2.24, 2.45) is 0 Å². The topological polar surface area (TPSA) is 107 Å². The Labute approximate surface area is 117 Å². The maximum atomic E-state index is 11.1. The van der Waals surface area contributed by atoms with Crippen LogP contribution in [0.3, 0.4) is 0 Å². The Balaban J connectivity index is 3.60. The largest absolute Gasteiger partial charge is 0.510 e. The summed E-state index contributed by atoms with van der Waals surface area (Å²) in [7, 11) is -2.95. The standard InChI is InChI=1S/C10H19O9P/c1-7(2)18-9(11)14-5-16-20(13)17-6-15-10(12)19-8(3)4/h7-8,20H,5-6H2,1-4H3. The van der Waals surface area contributed by atoms with Gasteiger partial charge in [0.15, 0.2) is 0 Å². The maximum Gasteiger partial charge on any atom is 0.510 e. The van der Waals surface area contributed by atoms with Gasteiger partial charge in [-0.1, -0.05) is 0 Å². The van der Waals surface area contributed by atoms with Crippen molar-refractivity contribution in [3.8, 4) is 0 Å². The molecule has 0 saturated heterocycles. The number of carbonyl (C=O) groups excluding carboxylic acids is 2. The summed E-state index contributed by atoms with van der Waals surface area (Å²) in [5.41, 5.74) is 0. The zero-order valence-electron chi connectivity index (χ0n) is 11.7. The van der Waals surface area contributed by atoms with Gasteiger partial charge in [-0.25, -0.2) is 9.59 Å². The van der Waals surface area contributed by atoms with Gasteiger partial charge in [0, 0.05) is 0 Å². The van der Waals surface area contributed by atoms with Crippen molar-refractivity contribution >= 4 is 20.6 Å². The van der Waals surface area contributed by atoms with E-state index in [0.29, 0.717) is 0 Å². The Morgan fingerprint density at radius 2 is 1.20 bits per heavy atom. The molecule has 0 heterocycles. The first-order chi connectivity index (χ1) is 9.31. The van der Waals surface area contributed by atoms with Gasteiger partial charge in [-0.2, -0.15) is 0 Å². The van der Waals surface area contributed by atoms with Crippen LogP contribution in [0.15, 0.2) is 0 Å². The Hall–Kier alpha value is -1.31. The average Bonchev–Trinajstić information content (AvgIpc) is 2.26. The first-order valence-corrected chi connectivity index (χ1v) is 7.00. The fraction of sp³-hybridized carbons (Fsp3) is 0.800. The quantitative estimate of drug-likeness (QED) is 0.379. The molecule has 0 amide bonds. The van der Waals surface area contributed by atoms with E-state index >= 15 is 0 Å². The summed E-state index contributed by atoms with van der Waals surface area (Å²) < 4.78 is 38.3. The second kappa shape index (κ2) is 10.5. The summed E-state index contributed by atoms with van der Waals surface area (Å²) in [6.45, 7) is 5.37. The molecular weight excluding hydrogens is 295 g/mol. The van der Waals surface area contributed by atoms with Crippen LogP contribution in [0.1, 0.15) is 27.7 Å². The molecule has 0 aromatic rings. The molecule has 10 heteroatoms. The van der Waals surface area contributed by atoms with Gasteiger partial charge in [-0.05, 0) is 27.7 Å². The van der Waals surface area contributed by atoms with E-state index in [1.165, 1.54) is 0 Å². The van der Waals surface area contributed by atoms with Gasteiger partial charge in [0.1, 0.15) is 0 Å². The van der Waals surface area contributed by atoms with Gasteiger partial charge >= 0.3 is 20.6 Å². The van der Waals surface area contributed by atoms with Gasteiger partial charge in [0.05, 0.1) is 12.2 Å². The molecule has 0 fully saturated rings. The lowest BCUT2D eigenvalue weighted by atomic mass is 10.5. The molecule has 0 spiro atoms. The van der Waals surface area contributed by atoms with E-state index in [9.17, 15) is 14.2 Å². The minimum atomic E-state index is -2.95. The zero-order chi connectivity index (χ0) is 15.5. The van der Waals surface area contributed by atoms with Crippen LogP contribution >= 0.6 is 8.25 Å². The third-order valence-electron chi connectivity index (χ3n) is 1.37. The zero-order valence-corrected chi connectivity index (χ0v) is 12.7. The van der Waals surface area contributed by atoms with Crippen molar-refractivity contribution in [3.05, 3.63) is 0 Å². The van der Waals surface area contributed by atoms with Crippen molar-refractivity contribution in [1.29, 1.82) is 0 Å². The van der Waals surface area contributed by atoms with Gasteiger partial charge in [-0.3, -0.25) is 13.6 Å². The molecule has 0 aliphatic carbocycles. The lowest BCUT2D eigenvalue weighted by molar-refractivity contribution is -0.0257. The molecule has 20 heavy (non-hydrogen) atoms. The Morgan fingerprint density at radius 3 is 1.50 bits per heavy atom. The second-order valence-electron chi connectivity index (χ2n) is 3.90. The summed E-state index contributed by atoms with van der Waals surface area (Å²) in [5.74, 6) is 0. The smallest absolute Gasteiger partial charge is 0.432 e. The van der Waals surface area contributed by atoms with E-state index in [-0.39, 0.29) is 12.2 Å². The molecule has 9 nitrogen and oxygen atoms in total.